The van der Waals surface area contributed by atoms with E-state index in [9.17, 15) is 15.3 Å². The zero-order chi connectivity index (χ0) is 23.0. The van der Waals surface area contributed by atoms with Crippen molar-refractivity contribution in [3.8, 4) is 11.8 Å². The summed E-state index contributed by atoms with van der Waals surface area (Å²) in [7, 11) is 0. The van der Waals surface area contributed by atoms with Gasteiger partial charge in [0, 0.05) is 56.3 Å². The molecule has 0 amide bonds. The van der Waals surface area contributed by atoms with Gasteiger partial charge in [0.1, 0.15) is 0 Å². The molecular formula is C25H31Cl2N3O3. The molecule has 1 aromatic heterocycles. The van der Waals surface area contributed by atoms with Crippen molar-refractivity contribution in [3.05, 3.63) is 39.4 Å². The molecule has 6 rings (SSSR count). The molecule has 3 fully saturated rings. The van der Waals surface area contributed by atoms with Crippen molar-refractivity contribution in [2.75, 3.05) is 37.6 Å². The maximum atomic E-state index is 10.9. The van der Waals surface area contributed by atoms with Crippen LogP contribution in [-0.4, -0.2) is 63.6 Å². The third kappa shape index (κ3) is 3.44. The predicted octanol–water partition coefficient (Wildman–Crippen LogP) is 4.25. The van der Waals surface area contributed by atoms with Crippen molar-refractivity contribution in [1.82, 2.24) is 9.47 Å². The van der Waals surface area contributed by atoms with Gasteiger partial charge < -0.3 is 20.2 Å². The van der Waals surface area contributed by atoms with Crippen LogP contribution in [0.1, 0.15) is 42.7 Å². The van der Waals surface area contributed by atoms with E-state index < -0.39 is 6.10 Å². The summed E-state index contributed by atoms with van der Waals surface area (Å²) in [6, 6.07) is 5.79. The van der Waals surface area contributed by atoms with Gasteiger partial charge in [0.15, 0.2) is 11.8 Å². The minimum atomic E-state index is -0.419. The number of piperazine rings is 1. The lowest BCUT2D eigenvalue weighted by Crippen LogP contribution is -2.47. The van der Waals surface area contributed by atoms with Crippen LogP contribution in [0.15, 0.2) is 18.2 Å². The van der Waals surface area contributed by atoms with Gasteiger partial charge in [0.05, 0.1) is 21.8 Å². The molecule has 2 saturated carbocycles. The van der Waals surface area contributed by atoms with Crippen LogP contribution >= 0.6 is 23.2 Å². The lowest BCUT2D eigenvalue weighted by molar-refractivity contribution is 0.114. The summed E-state index contributed by atoms with van der Waals surface area (Å²) in [5.41, 5.74) is 2.70. The minimum Gasteiger partial charge on any atom is -0.494 e. The summed E-state index contributed by atoms with van der Waals surface area (Å²) in [6.07, 6.45) is 1.54. The third-order valence-corrected chi connectivity index (χ3v) is 9.55. The number of aromatic nitrogens is 1. The molecule has 33 heavy (non-hydrogen) atoms. The van der Waals surface area contributed by atoms with Crippen LogP contribution in [0.5, 0.6) is 11.8 Å². The first-order valence-electron chi connectivity index (χ1n) is 12.1. The van der Waals surface area contributed by atoms with E-state index in [-0.39, 0.29) is 29.5 Å². The van der Waals surface area contributed by atoms with E-state index >= 15 is 0 Å². The Kier molecular flexibility index (Phi) is 5.29. The zero-order valence-corrected chi connectivity index (χ0v) is 20.3. The third-order valence-electron chi connectivity index (χ3n) is 8.74. The fraction of sp³-hybridized carbons (Fsp3) is 0.600. The second-order valence-electron chi connectivity index (χ2n) is 10.5. The Morgan fingerprint density at radius 1 is 0.909 bits per heavy atom. The highest BCUT2D eigenvalue weighted by Gasteiger charge is 2.53. The van der Waals surface area contributed by atoms with E-state index in [0.717, 1.165) is 62.4 Å². The summed E-state index contributed by atoms with van der Waals surface area (Å²) >= 11 is 12.6. The summed E-state index contributed by atoms with van der Waals surface area (Å²) < 4.78 is 1.71. The molecule has 3 aliphatic carbocycles. The molecule has 0 spiro atoms. The van der Waals surface area contributed by atoms with Gasteiger partial charge in [-0.3, -0.25) is 9.47 Å². The summed E-state index contributed by atoms with van der Waals surface area (Å²) in [4.78, 5) is 4.81. The standard InChI is InChI=1S/C25H31Cl2N3O3/c1-13-16-10-17(23(13)31)21-20(16)24(32)30(25(21)33)12-15-9-14(15)11-28-5-7-29(8-6-28)19-4-2-3-18(26)22(19)27/h2-4,13-17,23,31-33H,5-12H2,1H3/t13?,14-,15-,16?,17?,23?/m1/s1. The van der Waals surface area contributed by atoms with Crippen LogP contribution in [0.3, 0.4) is 0 Å². The number of rotatable bonds is 5. The van der Waals surface area contributed by atoms with E-state index in [2.05, 4.69) is 9.80 Å². The molecular weight excluding hydrogens is 461 g/mol. The first-order valence-corrected chi connectivity index (χ1v) is 12.8. The number of anilines is 1. The first kappa shape index (κ1) is 21.9. The number of nitrogens with zero attached hydrogens (tertiary/aromatic N) is 3. The summed E-state index contributed by atoms with van der Waals surface area (Å²) in [5.74, 6) is 1.72. The topological polar surface area (TPSA) is 72.1 Å². The lowest BCUT2D eigenvalue weighted by atomic mass is 9.84. The van der Waals surface area contributed by atoms with E-state index in [0.29, 0.717) is 28.4 Å². The number of aliphatic hydroxyl groups is 1. The second kappa shape index (κ2) is 7.98. The molecule has 1 aliphatic heterocycles. The average Bonchev–Trinajstić information content (AvgIpc) is 3.20. The predicted molar refractivity (Wildman–Crippen MR) is 130 cm³/mol. The maximum Gasteiger partial charge on any atom is 0.197 e. The molecule has 6 nitrogen and oxygen atoms in total. The molecule has 2 bridgehead atoms. The normalized spacial score (nSPS) is 33.0. The Labute approximate surface area is 204 Å². The van der Waals surface area contributed by atoms with Crippen molar-refractivity contribution >= 4 is 28.9 Å². The van der Waals surface area contributed by atoms with Crippen LogP contribution in [-0.2, 0) is 6.54 Å². The highest BCUT2D eigenvalue weighted by Crippen LogP contribution is 2.62. The Morgan fingerprint density at radius 3 is 2.30 bits per heavy atom. The maximum absolute atomic E-state index is 10.9. The molecule has 4 unspecified atom stereocenters. The Morgan fingerprint density at radius 2 is 1.58 bits per heavy atom. The molecule has 4 aliphatic rings. The van der Waals surface area contributed by atoms with Gasteiger partial charge in [-0.1, -0.05) is 36.2 Å². The van der Waals surface area contributed by atoms with Gasteiger partial charge in [-0.2, -0.15) is 0 Å². The van der Waals surface area contributed by atoms with Gasteiger partial charge in [-0.15, -0.1) is 0 Å². The molecule has 3 N–H and O–H groups in total. The number of hydrogen-bond donors (Lipinski definition) is 3. The van der Waals surface area contributed by atoms with Crippen LogP contribution in [0.2, 0.25) is 10.0 Å². The number of hydrogen-bond acceptors (Lipinski definition) is 5. The molecule has 8 heteroatoms. The van der Waals surface area contributed by atoms with E-state index in [1.165, 1.54) is 0 Å². The van der Waals surface area contributed by atoms with Gasteiger partial charge in [-0.25, -0.2) is 0 Å². The molecule has 2 heterocycles. The summed E-state index contributed by atoms with van der Waals surface area (Å²) in [6.45, 7) is 7.56. The van der Waals surface area contributed by atoms with Crippen LogP contribution in [0.25, 0.3) is 0 Å². The van der Waals surface area contributed by atoms with Gasteiger partial charge >= 0.3 is 0 Å². The Hall–Kier alpha value is -1.60. The van der Waals surface area contributed by atoms with Crippen molar-refractivity contribution in [3.63, 3.8) is 0 Å². The second-order valence-corrected chi connectivity index (χ2v) is 11.3. The van der Waals surface area contributed by atoms with Crippen LogP contribution in [0, 0.1) is 17.8 Å². The van der Waals surface area contributed by atoms with Gasteiger partial charge in [0.25, 0.3) is 0 Å². The number of benzene rings is 1. The van der Waals surface area contributed by atoms with E-state index in [1.807, 2.05) is 25.1 Å². The highest BCUT2D eigenvalue weighted by atomic mass is 35.5. The largest absolute Gasteiger partial charge is 0.494 e. The van der Waals surface area contributed by atoms with Crippen molar-refractivity contribution in [2.45, 2.75) is 44.2 Å². The molecule has 2 aromatic rings. The van der Waals surface area contributed by atoms with Crippen LogP contribution < -0.4 is 4.90 Å². The summed E-state index contributed by atoms with van der Waals surface area (Å²) in [5, 5.41) is 33.5. The SMILES string of the molecule is CC1C2CC(c3c2c(O)n(C[C@H]2C[C@@H]2CN2CCN(c4cccc(Cl)c4Cl)CC2)c3O)C1O. The van der Waals surface area contributed by atoms with Crippen molar-refractivity contribution < 1.29 is 15.3 Å². The number of aromatic hydroxyl groups is 2. The number of aliphatic hydroxyl groups excluding tert-OH is 1. The van der Waals surface area contributed by atoms with E-state index in [4.69, 9.17) is 23.2 Å². The molecule has 1 saturated heterocycles. The van der Waals surface area contributed by atoms with Gasteiger partial charge in [0.2, 0.25) is 0 Å². The van der Waals surface area contributed by atoms with Crippen molar-refractivity contribution in [1.29, 1.82) is 0 Å². The molecule has 178 valence electrons. The van der Waals surface area contributed by atoms with Crippen LogP contribution in [0.4, 0.5) is 5.69 Å². The fourth-order valence-corrected chi connectivity index (χ4v) is 7.08. The number of fused-ring (bicyclic) bond motifs is 5. The average molecular weight is 492 g/mol. The fourth-order valence-electron chi connectivity index (χ4n) is 6.67. The van der Waals surface area contributed by atoms with Gasteiger partial charge in [-0.05, 0) is 48.6 Å². The van der Waals surface area contributed by atoms with E-state index in [1.54, 1.807) is 4.57 Å². The Bertz CT molecular complexity index is 1040. The quantitative estimate of drug-likeness (QED) is 0.583. The number of halogens is 2. The molecule has 6 atom stereocenters. The zero-order valence-electron chi connectivity index (χ0n) is 18.8. The smallest absolute Gasteiger partial charge is 0.197 e. The highest BCUT2D eigenvalue weighted by molar-refractivity contribution is 6.43. The minimum absolute atomic E-state index is 0.0357. The Balaban J connectivity index is 1.06. The lowest BCUT2D eigenvalue weighted by Gasteiger charge is -2.36. The first-order chi connectivity index (χ1) is 15.8. The monoisotopic (exact) mass is 491 g/mol. The van der Waals surface area contributed by atoms with Crippen molar-refractivity contribution in [2.24, 2.45) is 17.8 Å². The molecule has 0 radical (unpaired) electrons. The molecule has 1 aromatic carbocycles.